The smallest absolute Gasteiger partial charge is 0.323 e. The normalized spacial score (nSPS) is 12.3. The zero-order valence-corrected chi connectivity index (χ0v) is 8.02. The molecule has 1 aromatic carbocycles. The summed E-state index contributed by atoms with van der Waals surface area (Å²) in [5.41, 5.74) is 0.933. The van der Waals surface area contributed by atoms with E-state index in [9.17, 15) is 9.32 Å². The number of hydrogen-bond donors (Lipinski definition) is 2. The zero-order valence-electron chi connectivity index (χ0n) is 8.02. The first kappa shape index (κ1) is 11.6. The van der Waals surface area contributed by atoms with E-state index >= 15 is 0 Å². The number of hydrogen-bond acceptors (Lipinski definition) is 3. The van der Waals surface area contributed by atoms with Gasteiger partial charge in [0.2, 0.25) is 0 Å². The zero-order chi connectivity index (χ0) is 11.1. The van der Waals surface area contributed by atoms with Crippen LogP contribution in [0.4, 0.5) is 4.53 Å². The molecule has 0 fully saturated rings. The van der Waals surface area contributed by atoms with Gasteiger partial charge in [0.1, 0.15) is 12.6 Å². The molecule has 0 heterocycles. The summed E-state index contributed by atoms with van der Waals surface area (Å²) in [6.45, 7) is -0.136. The van der Waals surface area contributed by atoms with Crippen molar-refractivity contribution < 1.29 is 19.4 Å². The standard InChI is InChI=1S/C10H12FNO3/c11-15-7-9(10(13)14)12-6-8-4-2-1-3-5-8/h1-5,9,12H,6-7H2,(H,13,14)/t9-/m1/s1. The molecule has 4 nitrogen and oxygen atoms in total. The maximum absolute atomic E-state index is 11.5. The molecule has 0 unspecified atom stereocenters. The van der Waals surface area contributed by atoms with Gasteiger partial charge in [0.05, 0.1) is 0 Å². The second-order valence-corrected chi connectivity index (χ2v) is 3.03. The van der Waals surface area contributed by atoms with Crippen LogP contribution in [0.2, 0.25) is 0 Å². The summed E-state index contributed by atoms with van der Waals surface area (Å²) in [7, 11) is 0. The highest BCUT2D eigenvalue weighted by Crippen LogP contribution is 1.98. The number of carboxylic acid groups (broad SMARTS) is 1. The van der Waals surface area contributed by atoms with Crippen LogP contribution in [0.25, 0.3) is 0 Å². The lowest BCUT2D eigenvalue weighted by atomic mass is 10.2. The third-order valence-corrected chi connectivity index (χ3v) is 1.92. The molecule has 1 aromatic rings. The predicted octanol–water partition coefficient (Wildman–Crippen LogP) is 1.13. The van der Waals surface area contributed by atoms with E-state index in [1.807, 2.05) is 30.3 Å². The van der Waals surface area contributed by atoms with Gasteiger partial charge in [0.15, 0.2) is 0 Å². The maximum Gasteiger partial charge on any atom is 0.323 e. The maximum atomic E-state index is 11.5. The Balaban J connectivity index is 2.43. The second-order valence-electron chi connectivity index (χ2n) is 3.03. The quantitative estimate of drug-likeness (QED) is 0.743. The Kier molecular flexibility index (Phi) is 4.73. The van der Waals surface area contributed by atoms with Crippen molar-refractivity contribution in [3.8, 4) is 0 Å². The molecule has 0 bridgehead atoms. The van der Waals surface area contributed by atoms with Gasteiger partial charge < -0.3 is 5.11 Å². The van der Waals surface area contributed by atoms with Gasteiger partial charge in [-0.15, -0.1) is 0 Å². The summed E-state index contributed by atoms with van der Waals surface area (Å²) < 4.78 is 11.5. The van der Waals surface area contributed by atoms with Crippen molar-refractivity contribution in [2.45, 2.75) is 12.6 Å². The van der Waals surface area contributed by atoms with Crippen LogP contribution in [-0.2, 0) is 16.3 Å². The molecule has 1 rings (SSSR count). The van der Waals surface area contributed by atoms with Gasteiger partial charge in [-0.05, 0) is 10.1 Å². The monoisotopic (exact) mass is 213 g/mol. The molecular weight excluding hydrogens is 201 g/mol. The Labute approximate surface area is 86.6 Å². The molecule has 0 saturated carbocycles. The third-order valence-electron chi connectivity index (χ3n) is 1.92. The van der Waals surface area contributed by atoms with Gasteiger partial charge in [-0.2, -0.15) is 4.94 Å². The largest absolute Gasteiger partial charge is 0.480 e. The van der Waals surface area contributed by atoms with Crippen LogP contribution in [0.5, 0.6) is 0 Å². The van der Waals surface area contributed by atoms with Crippen molar-refractivity contribution in [2.24, 2.45) is 0 Å². The van der Waals surface area contributed by atoms with Gasteiger partial charge >= 0.3 is 5.97 Å². The molecule has 82 valence electrons. The molecule has 0 spiro atoms. The molecule has 15 heavy (non-hydrogen) atoms. The fourth-order valence-corrected chi connectivity index (χ4v) is 1.12. The van der Waals surface area contributed by atoms with Crippen molar-refractivity contribution in [1.82, 2.24) is 5.32 Å². The van der Waals surface area contributed by atoms with Crippen LogP contribution in [0.1, 0.15) is 5.56 Å². The van der Waals surface area contributed by atoms with Crippen LogP contribution in [0.15, 0.2) is 30.3 Å². The first-order valence-electron chi connectivity index (χ1n) is 4.47. The number of aliphatic carboxylic acids is 1. The first-order valence-corrected chi connectivity index (χ1v) is 4.47. The lowest BCUT2D eigenvalue weighted by molar-refractivity contribution is -0.159. The lowest BCUT2D eigenvalue weighted by Gasteiger charge is -2.11. The molecule has 0 aliphatic carbocycles. The second kappa shape index (κ2) is 6.10. The third kappa shape index (κ3) is 4.05. The van der Waals surface area contributed by atoms with E-state index in [0.29, 0.717) is 6.54 Å². The van der Waals surface area contributed by atoms with E-state index in [2.05, 4.69) is 10.3 Å². The molecular formula is C10H12FNO3. The number of benzene rings is 1. The lowest BCUT2D eigenvalue weighted by Crippen LogP contribution is -2.39. The van der Waals surface area contributed by atoms with Crippen LogP contribution in [0, 0.1) is 0 Å². The fourth-order valence-electron chi connectivity index (χ4n) is 1.12. The number of nitrogens with one attached hydrogen (secondary N) is 1. The molecule has 5 heteroatoms. The molecule has 0 saturated heterocycles. The van der Waals surface area contributed by atoms with Gasteiger partial charge in [0.25, 0.3) is 0 Å². The Bertz CT molecular complexity index is 305. The van der Waals surface area contributed by atoms with Crippen LogP contribution in [-0.4, -0.2) is 23.7 Å². The van der Waals surface area contributed by atoms with E-state index in [4.69, 9.17) is 5.11 Å². The highest BCUT2D eigenvalue weighted by molar-refractivity contribution is 5.73. The van der Waals surface area contributed by atoms with Crippen molar-refractivity contribution in [1.29, 1.82) is 0 Å². The Morgan fingerprint density at radius 3 is 2.67 bits per heavy atom. The van der Waals surface area contributed by atoms with E-state index in [1.165, 1.54) is 0 Å². The van der Waals surface area contributed by atoms with Crippen LogP contribution >= 0.6 is 0 Å². The summed E-state index contributed by atoms with van der Waals surface area (Å²) in [4.78, 5) is 13.9. The average Bonchev–Trinajstić information content (AvgIpc) is 2.25. The number of carbonyl (C=O) groups is 1. The van der Waals surface area contributed by atoms with Gasteiger partial charge in [0, 0.05) is 6.54 Å². The number of rotatable bonds is 6. The molecule has 0 aliphatic heterocycles. The van der Waals surface area contributed by atoms with E-state index in [1.54, 1.807) is 0 Å². The minimum absolute atomic E-state index is 0.362. The van der Waals surface area contributed by atoms with Crippen molar-refractivity contribution >= 4 is 5.97 Å². The molecule has 2 N–H and O–H groups in total. The number of carboxylic acids is 1. The van der Waals surface area contributed by atoms with E-state index in [0.717, 1.165) is 5.56 Å². The summed E-state index contributed by atoms with van der Waals surface area (Å²) in [5, 5.41) is 11.3. The molecule has 0 amide bonds. The molecule has 0 radical (unpaired) electrons. The molecule has 0 aromatic heterocycles. The fraction of sp³-hybridized carbons (Fsp3) is 0.300. The molecule has 0 aliphatic rings. The van der Waals surface area contributed by atoms with E-state index in [-0.39, 0.29) is 0 Å². The minimum Gasteiger partial charge on any atom is -0.480 e. The summed E-state index contributed by atoms with van der Waals surface area (Å²) in [5.74, 6) is -1.14. The van der Waals surface area contributed by atoms with E-state index < -0.39 is 18.6 Å². The highest BCUT2D eigenvalue weighted by Gasteiger charge is 2.16. The Hall–Kier alpha value is -1.46. The minimum atomic E-state index is -1.14. The van der Waals surface area contributed by atoms with Crippen LogP contribution in [0.3, 0.4) is 0 Å². The summed E-state index contributed by atoms with van der Waals surface area (Å²) in [6.07, 6.45) is 0. The summed E-state index contributed by atoms with van der Waals surface area (Å²) >= 11 is 0. The Morgan fingerprint density at radius 1 is 1.47 bits per heavy atom. The van der Waals surface area contributed by atoms with Gasteiger partial charge in [-0.3, -0.25) is 10.1 Å². The number of halogens is 1. The summed E-state index contributed by atoms with van der Waals surface area (Å²) in [6, 6.07) is 8.22. The Morgan fingerprint density at radius 2 is 2.13 bits per heavy atom. The van der Waals surface area contributed by atoms with Crippen LogP contribution < -0.4 is 5.32 Å². The molecule has 1 atom stereocenters. The average molecular weight is 213 g/mol. The first-order chi connectivity index (χ1) is 7.24. The van der Waals surface area contributed by atoms with Gasteiger partial charge in [-0.25, -0.2) is 0 Å². The van der Waals surface area contributed by atoms with Gasteiger partial charge in [-0.1, -0.05) is 30.3 Å². The van der Waals surface area contributed by atoms with Crippen molar-refractivity contribution in [2.75, 3.05) is 6.61 Å². The predicted molar refractivity (Wildman–Crippen MR) is 51.8 cm³/mol. The highest BCUT2D eigenvalue weighted by atomic mass is 19.3. The van der Waals surface area contributed by atoms with Crippen molar-refractivity contribution in [3.05, 3.63) is 35.9 Å². The van der Waals surface area contributed by atoms with Crippen molar-refractivity contribution in [3.63, 3.8) is 0 Å². The SMILES string of the molecule is O=C(O)[C@@H](COF)NCc1ccccc1. The topological polar surface area (TPSA) is 58.6 Å².